The third kappa shape index (κ3) is 3.33. The van der Waals surface area contributed by atoms with Crippen LogP contribution in [0.1, 0.15) is 39.7 Å². The summed E-state index contributed by atoms with van der Waals surface area (Å²) in [5.74, 6) is -0.810. The average Bonchev–Trinajstić information content (AvgIpc) is 2.30. The second-order valence-electron chi connectivity index (χ2n) is 5.37. The number of para-hydroxylation sites is 1. The van der Waals surface area contributed by atoms with Crippen LogP contribution in [0.15, 0.2) is 24.3 Å². The summed E-state index contributed by atoms with van der Waals surface area (Å²) in [5.41, 5.74) is 1.83. The van der Waals surface area contributed by atoms with Crippen molar-refractivity contribution in [1.82, 2.24) is 0 Å². The van der Waals surface area contributed by atoms with Crippen molar-refractivity contribution in [2.75, 3.05) is 5.32 Å². The molecule has 0 aliphatic carbocycles. The highest BCUT2D eigenvalue weighted by Crippen LogP contribution is 2.29. The predicted octanol–water partition coefficient (Wildman–Crippen LogP) is 3.47. The van der Waals surface area contributed by atoms with Crippen molar-refractivity contribution in [3.8, 4) is 6.07 Å². The van der Waals surface area contributed by atoms with E-state index < -0.39 is 5.92 Å². The largest absolute Gasteiger partial charge is 0.325 e. The van der Waals surface area contributed by atoms with Crippen molar-refractivity contribution < 1.29 is 4.79 Å². The zero-order chi connectivity index (χ0) is 13.8. The third-order valence-corrected chi connectivity index (χ3v) is 2.87. The Balaban J connectivity index is 2.99. The number of benzene rings is 1. The summed E-state index contributed by atoms with van der Waals surface area (Å²) < 4.78 is 0. The van der Waals surface area contributed by atoms with Crippen molar-refractivity contribution in [1.29, 1.82) is 5.26 Å². The van der Waals surface area contributed by atoms with Crippen molar-refractivity contribution in [2.45, 2.75) is 39.5 Å². The molecule has 1 aromatic carbocycles. The third-order valence-electron chi connectivity index (χ3n) is 2.87. The Kier molecular flexibility index (Phi) is 4.49. The molecule has 0 spiro atoms. The lowest BCUT2D eigenvalue weighted by molar-refractivity contribution is -0.118. The minimum atomic E-state index is -0.585. The molecule has 1 amide bonds. The number of amides is 1. The van der Waals surface area contributed by atoms with Gasteiger partial charge in [-0.3, -0.25) is 4.79 Å². The number of hydrogen-bond donors (Lipinski definition) is 1. The van der Waals surface area contributed by atoms with Crippen molar-refractivity contribution in [3.63, 3.8) is 0 Å². The van der Waals surface area contributed by atoms with Crippen LogP contribution in [-0.2, 0) is 10.2 Å². The van der Waals surface area contributed by atoms with Gasteiger partial charge in [0, 0.05) is 5.69 Å². The molecule has 18 heavy (non-hydrogen) atoms. The molecule has 1 aromatic rings. The van der Waals surface area contributed by atoms with Gasteiger partial charge >= 0.3 is 0 Å². The van der Waals surface area contributed by atoms with Gasteiger partial charge < -0.3 is 5.32 Å². The normalized spacial score (nSPS) is 12.6. The number of nitrogens with one attached hydrogen (secondary N) is 1. The van der Waals surface area contributed by atoms with E-state index in [1.807, 2.05) is 37.3 Å². The summed E-state index contributed by atoms with van der Waals surface area (Å²) in [6.07, 6.45) is 0.528. The van der Waals surface area contributed by atoms with Crippen LogP contribution < -0.4 is 5.32 Å². The predicted molar refractivity (Wildman–Crippen MR) is 73.2 cm³/mol. The molecule has 1 rings (SSSR count). The standard InChI is InChI=1S/C15H20N2O/c1-5-11(10-16)14(18)17-13-9-7-6-8-12(13)15(2,3)4/h6-9,11H,5H2,1-4H3,(H,17,18). The molecule has 0 fully saturated rings. The van der Waals surface area contributed by atoms with E-state index in [1.54, 1.807) is 0 Å². The summed E-state index contributed by atoms with van der Waals surface area (Å²) in [4.78, 5) is 11.9. The van der Waals surface area contributed by atoms with Crippen molar-refractivity contribution in [2.24, 2.45) is 5.92 Å². The molecule has 0 bridgehead atoms. The average molecular weight is 244 g/mol. The molecule has 3 heteroatoms. The van der Waals surface area contributed by atoms with Crippen LogP contribution in [0.3, 0.4) is 0 Å². The second-order valence-corrected chi connectivity index (χ2v) is 5.37. The molecule has 0 saturated heterocycles. The smallest absolute Gasteiger partial charge is 0.241 e. The molecule has 0 aliphatic rings. The van der Waals surface area contributed by atoms with E-state index in [0.29, 0.717) is 6.42 Å². The number of nitriles is 1. The van der Waals surface area contributed by atoms with Crippen molar-refractivity contribution >= 4 is 11.6 Å². The van der Waals surface area contributed by atoms with E-state index in [2.05, 4.69) is 26.1 Å². The first-order valence-electron chi connectivity index (χ1n) is 6.20. The Bertz CT molecular complexity index is 466. The van der Waals surface area contributed by atoms with Crippen LogP contribution in [-0.4, -0.2) is 5.91 Å². The fourth-order valence-electron chi connectivity index (χ4n) is 1.80. The number of nitrogens with zero attached hydrogens (tertiary/aromatic N) is 1. The number of anilines is 1. The first-order chi connectivity index (χ1) is 8.40. The van der Waals surface area contributed by atoms with Gasteiger partial charge in [0.2, 0.25) is 5.91 Å². The Hall–Kier alpha value is -1.82. The SMILES string of the molecule is CCC(C#N)C(=O)Nc1ccccc1C(C)(C)C. The molecule has 0 heterocycles. The fourth-order valence-corrected chi connectivity index (χ4v) is 1.80. The second kappa shape index (κ2) is 5.68. The Morgan fingerprint density at radius 1 is 1.39 bits per heavy atom. The summed E-state index contributed by atoms with van der Waals surface area (Å²) in [6.45, 7) is 8.13. The molecule has 3 nitrogen and oxygen atoms in total. The van der Waals surface area contributed by atoms with Gasteiger partial charge in [-0.25, -0.2) is 0 Å². The Labute approximate surface area is 109 Å². The van der Waals surface area contributed by atoms with Gasteiger partial charge in [-0.05, 0) is 23.5 Å². The van der Waals surface area contributed by atoms with Gasteiger partial charge in [0.25, 0.3) is 0 Å². The topological polar surface area (TPSA) is 52.9 Å². The van der Waals surface area contributed by atoms with E-state index in [9.17, 15) is 4.79 Å². The number of carbonyl (C=O) groups excluding carboxylic acids is 1. The zero-order valence-electron chi connectivity index (χ0n) is 11.4. The minimum Gasteiger partial charge on any atom is -0.325 e. The zero-order valence-corrected chi connectivity index (χ0v) is 11.4. The first-order valence-corrected chi connectivity index (χ1v) is 6.20. The van der Waals surface area contributed by atoms with E-state index in [0.717, 1.165) is 11.3 Å². The first kappa shape index (κ1) is 14.2. The van der Waals surface area contributed by atoms with Gasteiger partial charge in [-0.15, -0.1) is 0 Å². The molecule has 0 saturated carbocycles. The van der Waals surface area contributed by atoms with Crippen molar-refractivity contribution in [3.05, 3.63) is 29.8 Å². The molecular weight excluding hydrogens is 224 g/mol. The highest BCUT2D eigenvalue weighted by Gasteiger charge is 2.21. The van der Waals surface area contributed by atoms with Gasteiger partial charge in [-0.2, -0.15) is 5.26 Å². The summed E-state index contributed by atoms with van der Waals surface area (Å²) >= 11 is 0. The maximum atomic E-state index is 11.9. The molecule has 0 radical (unpaired) electrons. The van der Waals surface area contributed by atoms with Crippen LogP contribution in [0.4, 0.5) is 5.69 Å². The molecule has 1 N–H and O–H groups in total. The number of carbonyl (C=O) groups is 1. The molecule has 0 aromatic heterocycles. The van der Waals surface area contributed by atoms with E-state index in [1.165, 1.54) is 0 Å². The molecule has 0 aliphatic heterocycles. The van der Waals surface area contributed by atoms with E-state index >= 15 is 0 Å². The highest BCUT2D eigenvalue weighted by molar-refractivity contribution is 5.94. The van der Waals surface area contributed by atoms with Gasteiger partial charge in [0.15, 0.2) is 0 Å². The summed E-state index contributed by atoms with van der Waals surface area (Å²) in [7, 11) is 0. The number of rotatable bonds is 3. The summed E-state index contributed by atoms with van der Waals surface area (Å²) in [5, 5.41) is 11.8. The van der Waals surface area contributed by atoms with Crippen LogP contribution in [0.5, 0.6) is 0 Å². The quantitative estimate of drug-likeness (QED) is 0.885. The maximum Gasteiger partial charge on any atom is 0.241 e. The lowest BCUT2D eigenvalue weighted by Crippen LogP contribution is -2.23. The van der Waals surface area contributed by atoms with Crippen LogP contribution in [0.25, 0.3) is 0 Å². The lowest BCUT2D eigenvalue weighted by Gasteiger charge is -2.23. The van der Waals surface area contributed by atoms with Crippen LogP contribution in [0, 0.1) is 17.2 Å². The maximum absolute atomic E-state index is 11.9. The van der Waals surface area contributed by atoms with Crippen LogP contribution in [0.2, 0.25) is 0 Å². The summed E-state index contributed by atoms with van der Waals surface area (Å²) in [6, 6.07) is 9.74. The number of hydrogen-bond acceptors (Lipinski definition) is 2. The van der Waals surface area contributed by atoms with Gasteiger partial charge in [-0.1, -0.05) is 45.9 Å². The Morgan fingerprint density at radius 2 is 2.00 bits per heavy atom. The lowest BCUT2D eigenvalue weighted by atomic mass is 9.85. The minimum absolute atomic E-state index is 0.0434. The molecule has 1 atom stereocenters. The fraction of sp³-hybridized carbons (Fsp3) is 0.467. The van der Waals surface area contributed by atoms with Crippen LogP contribution >= 0.6 is 0 Å². The molecular formula is C15H20N2O. The molecule has 1 unspecified atom stereocenters. The Morgan fingerprint density at radius 3 is 2.50 bits per heavy atom. The highest BCUT2D eigenvalue weighted by atomic mass is 16.1. The van der Waals surface area contributed by atoms with E-state index in [-0.39, 0.29) is 11.3 Å². The van der Waals surface area contributed by atoms with Gasteiger partial charge in [0.05, 0.1) is 6.07 Å². The van der Waals surface area contributed by atoms with E-state index in [4.69, 9.17) is 5.26 Å². The monoisotopic (exact) mass is 244 g/mol. The molecule has 96 valence electrons. The van der Waals surface area contributed by atoms with Gasteiger partial charge in [0.1, 0.15) is 5.92 Å².